The van der Waals surface area contributed by atoms with E-state index in [1.807, 2.05) is 4.90 Å². The zero-order valence-electron chi connectivity index (χ0n) is 13.3. The van der Waals surface area contributed by atoms with E-state index in [0.717, 1.165) is 24.6 Å². The smallest absolute Gasteiger partial charge is 0.255 e. The number of carbonyl (C=O) groups is 1. The van der Waals surface area contributed by atoms with Crippen LogP contribution in [0.15, 0.2) is 24.3 Å². The molecule has 1 aromatic carbocycles. The highest BCUT2D eigenvalue weighted by Crippen LogP contribution is 2.24. The van der Waals surface area contributed by atoms with Gasteiger partial charge in [0, 0.05) is 30.6 Å². The first-order valence-electron chi connectivity index (χ1n) is 8.09. The van der Waals surface area contributed by atoms with E-state index in [2.05, 4.69) is 4.98 Å². The van der Waals surface area contributed by atoms with Crippen molar-refractivity contribution < 1.29 is 14.3 Å². The highest BCUT2D eigenvalue weighted by Gasteiger charge is 2.28. The number of hydrogen-bond donors (Lipinski definition) is 1. The second-order valence-electron chi connectivity index (χ2n) is 6.12. The summed E-state index contributed by atoms with van der Waals surface area (Å²) in [6.07, 6.45) is 3.61. The fourth-order valence-corrected chi connectivity index (χ4v) is 3.32. The van der Waals surface area contributed by atoms with Gasteiger partial charge in [-0.05, 0) is 50.8 Å². The number of nitrogens with zero attached hydrogens (tertiary/aromatic N) is 2. The molecule has 1 aliphatic rings. The van der Waals surface area contributed by atoms with Gasteiger partial charge in [0.1, 0.15) is 5.82 Å². The number of piperidine rings is 1. The van der Waals surface area contributed by atoms with Crippen molar-refractivity contribution in [3.8, 4) is 0 Å². The Morgan fingerprint density at radius 3 is 3.00 bits per heavy atom. The molecular weight excluding hydrogens is 295 g/mol. The Hall–Kier alpha value is -2.01. The maximum Gasteiger partial charge on any atom is 0.255 e. The molecule has 1 saturated heterocycles. The Bertz CT molecular complexity index is 730. The minimum Gasteiger partial charge on any atom is -0.396 e. The van der Waals surface area contributed by atoms with Gasteiger partial charge >= 0.3 is 0 Å². The highest BCUT2D eigenvalue weighted by atomic mass is 19.1. The van der Waals surface area contributed by atoms with Crippen LogP contribution < -0.4 is 0 Å². The largest absolute Gasteiger partial charge is 0.396 e. The lowest BCUT2D eigenvalue weighted by Crippen LogP contribution is -2.44. The van der Waals surface area contributed by atoms with Crippen molar-refractivity contribution in [1.82, 2.24) is 9.88 Å². The van der Waals surface area contributed by atoms with Gasteiger partial charge in [0.15, 0.2) is 0 Å². The van der Waals surface area contributed by atoms with Crippen LogP contribution in [0.2, 0.25) is 0 Å². The summed E-state index contributed by atoms with van der Waals surface area (Å²) in [4.78, 5) is 19.2. The van der Waals surface area contributed by atoms with E-state index in [1.54, 1.807) is 19.1 Å². The van der Waals surface area contributed by atoms with E-state index in [-0.39, 0.29) is 24.4 Å². The van der Waals surface area contributed by atoms with Crippen LogP contribution in [0.5, 0.6) is 0 Å². The SMILES string of the molecule is Cc1nc2cc(F)ccc2cc1C(=O)N1CCCCC1CCO. The number of likely N-dealkylation sites (tertiary alicyclic amines) is 1. The van der Waals surface area contributed by atoms with E-state index < -0.39 is 0 Å². The summed E-state index contributed by atoms with van der Waals surface area (Å²) in [5.41, 5.74) is 1.74. The number of aromatic nitrogens is 1. The number of benzene rings is 1. The number of halogens is 1. The normalized spacial score (nSPS) is 18.4. The van der Waals surface area contributed by atoms with Crippen LogP contribution in [0.3, 0.4) is 0 Å². The number of hydrogen-bond acceptors (Lipinski definition) is 3. The molecule has 1 aromatic heterocycles. The van der Waals surface area contributed by atoms with Gasteiger partial charge in [0.2, 0.25) is 0 Å². The molecule has 2 heterocycles. The van der Waals surface area contributed by atoms with Gasteiger partial charge in [-0.15, -0.1) is 0 Å². The lowest BCUT2D eigenvalue weighted by molar-refractivity contribution is 0.0573. The molecule has 1 fully saturated rings. The second-order valence-corrected chi connectivity index (χ2v) is 6.12. The van der Waals surface area contributed by atoms with Crippen LogP contribution in [0, 0.1) is 12.7 Å². The number of aryl methyl sites for hydroxylation is 1. The molecule has 1 atom stereocenters. The molecular formula is C18H21FN2O2. The van der Waals surface area contributed by atoms with Crippen LogP contribution in [-0.4, -0.2) is 40.1 Å². The van der Waals surface area contributed by atoms with E-state index in [1.165, 1.54) is 12.1 Å². The number of aliphatic hydroxyl groups excluding tert-OH is 1. The topological polar surface area (TPSA) is 53.4 Å². The molecule has 23 heavy (non-hydrogen) atoms. The van der Waals surface area contributed by atoms with Crippen molar-refractivity contribution in [2.45, 2.75) is 38.6 Å². The minimum atomic E-state index is -0.331. The summed E-state index contributed by atoms with van der Waals surface area (Å²) in [7, 11) is 0. The number of carbonyl (C=O) groups excluding carboxylic acids is 1. The van der Waals surface area contributed by atoms with Gasteiger partial charge in [-0.25, -0.2) is 4.39 Å². The van der Waals surface area contributed by atoms with Crippen LogP contribution in [0.1, 0.15) is 41.7 Å². The molecule has 1 amide bonds. The van der Waals surface area contributed by atoms with E-state index in [9.17, 15) is 14.3 Å². The Kier molecular flexibility index (Phi) is 4.57. The summed E-state index contributed by atoms with van der Waals surface area (Å²) in [6, 6.07) is 6.29. The third kappa shape index (κ3) is 3.20. The van der Waals surface area contributed by atoms with Gasteiger partial charge in [0.05, 0.1) is 16.8 Å². The van der Waals surface area contributed by atoms with E-state index in [0.29, 0.717) is 29.7 Å². The van der Waals surface area contributed by atoms with E-state index >= 15 is 0 Å². The number of rotatable bonds is 3. The minimum absolute atomic E-state index is 0.0422. The van der Waals surface area contributed by atoms with Crippen LogP contribution in [0.25, 0.3) is 10.9 Å². The van der Waals surface area contributed by atoms with Crippen LogP contribution in [0.4, 0.5) is 4.39 Å². The third-order valence-electron chi connectivity index (χ3n) is 4.55. The summed E-state index contributed by atoms with van der Waals surface area (Å²) < 4.78 is 13.3. The number of pyridine rings is 1. The van der Waals surface area contributed by atoms with Gasteiger partial charge < -0.3 is 10.0 Å². The standard InChI is InChI=1S/C18H21FN2O2/c1-12-16(10-13-5-6-14(19)11-17(13)20-12)18(23)21-8-3-2-4-15(21)7-9-22/h5-6,10-11,15,22H,2-4,7-9H2,1H3. The molecule has 2 aromatic rings. The lowest BCUT2D eigenvalue weighted by atomic mass is 9.98. The Balaban J connectivity index is 1.96. The molecule has 0 saturated carbocycles. The predicted molar refractivity (Wildman–Crippen MR) is 86.8 cm³/mol. The van der Waals surface area contributed by atoms with Crippen molar-refractivity contribution in [2.75, 3.05) is 13.2 Å². The van der Waals surface area contributed by atoms with Crippen molar-refractivity contribution >= 4 is 16.8 Å². The average Bonchev–Trinajstić information content (AvgIpc) is 2.54. The van der Waals surface area contributed by atoms with Crippen molar-refractivity contribution in [3.05, 3.63) is 41.3 Å². The zero-order chi connectivity index (χ0) is 16.4. The molecule has 1 aliphatic heterocycles. The first kappa shape index (κ1) is 15.9. The van der Waals surface area contributed by atoms with Gasteiger partial charge in [0.25, 0.3) is 5.91 Å². The Morgan fingerprint density at radius 1 is 1.39 bits per heavy atom. The molecule has 0 spiro atoms. The quantitative estimate of drug-likeness (QED) is 0.947. The van der Waals surface area contributed by atoms with Crippen molar-refractivity contribution in [2.24, 2.45) is 0 Å². The monoisotopic (exact) mass is 316 g/mol. The summed E-state index contributed by atoms with van der Waals surface area (Å²) in [6.45, 7) is 2.58. The number of aliphatic hydroxyl groups is 1. The molecule has 5 heteroatoms. The molecule has 3 rings (SSSR count). The van der Waals surface area contributed by atoms with Crippen molar-refractivity contribution in [3.63, 3.8) is 0 Å². The predicted octanol–water partition coefficient (Wildman–Crippen LogP) is 3.06. The third-order valence-corrected chi connectivity index (χ3v) is 4.55. The fourth-order valence-electron chi connectivity index (χ4n) is 3.32. The molecule has 4 nitrogen and oxygen atoms in total. The summed E-state index contributed by atoms with van der Waals surface area (Å²) in [5.74, 6) is -0.373. The van der Waals surface area contributed by atoms with E-state index in [4.69, 9.17) is 0 Å². The first-order chi connectivity index (χ1) is 11.1. The maximum absolute atomic E-state index is 13.3. The van der Waals surface area contributed by atoms with Crippen LogP contribution >= 0.6 is 0 Å². The Labute approximate surface area is 134 Å². The number of fused-ring (bicyclic) bond motifs is 1. The Morgan fingerprint density at radius 2 is 2.22 bits per heavy atom. The van der Waals surface area contributed by atoms with Gasteiger partial charge in [-0.1, -0.05) is 0 Å². The summed E-state index contributed by atoms with van der Waals surface area (Å²) >= 11 is 0. The zero-order valence-corrected chi connectivity index (χ0v) is 13.3. The lowest BCUT2D eigenvalue weighted by Gasteiger charge is -2.35. The van der Waals surface area contributed by atoms with Crippen molar-refractivity contribution in [1.29, 1.82) is 0 Å². The van der Waals surface area contributed by atoms with Crippen LogP contribution in [-0.2, 0) is 0 Å². The first-order valence-corrected chi connectivity index (χ1v) is 8.09. The maximum atomic E-state index is 13.3. The molecule has 1 unspecified atom stereocenters. The number of amides is 1. The molecule has 122 valence electrons. The average molecular weight is 316 g/mol. The molecule has 1 N–H and O–H groups in total. The molecule has 0 bridgehead atoms. The molecule has 0 radical (unpaired) electrons. The van der Waals surface area contributed by atoms with Gasteiger partial charge in [-0.3, -0.25) is 9.78 Å². The second kappa shape index (κ2) is 6.62. The molecule has 0 aliphatic carbocycles. The highest BCUT2D eigenvalue weighted by molar-refractivity contribution is 5.98. The fraction of sp³-hybridized carbons (Fsp3) is 0.444. The van der Waals surface area contributed by atoms with Gasteiger partial charge in [-0.2, -0.15) is 0 Å². The summed E-state index contributed by atoms with van der Waals surface area (Å²) in [5, 5.41) is 9.98.